The van der Waals surface area contributed by atoms with E-state index < -0.39 is 17.7 Å². The molecule has 1 amide bonds. The fraction of sp³-hybridized carbons (Fsp3) is 0.381. The van der Waals surface area contributed by atoms with Gasteiger partial charge >= 0.3 is 0 Å². The second-order valence-corrected chi connectivity index (χ2v) is 7.46. The second-order valence-electron chi connectivity index (χ2n) is 7.46. The van der Waals surface area contributed by atoms with Crippen molar-refractivity contribution in [2.24, 2.45) is 5.92 Å². The molecule has 0 radical (unpaired) electrons. The molecule has 1 fully saturated rings. The largest absolute Gasteiger partial charge is 0.493 e. The zero-order valence-corrected chi connectivity index (χ0v) is 16.1. The quantitative estimate of drug-likeness (QED) is 0.797. The molecular weight excluding hydrogens is 394 g/mol. The molecule has 3 heterocycles. The number of ether oxygens (including phenoxy) is 1. The number of benzene rings is 1. The molecule has 0 bridgehead atoms. The number of nitrogens with one attached hydrogen (secondary N) is 1. The Kier molecular flexibility index (Phi) is 5.50. The van der Waals surface area contributed by atoms with Crippen LogP contribution >= 0.6 is 0 Å². The first kappa shape index (κ1) is 20.0. The summed E-state index contributed by atoms with van der Waals surface area (Å²) in [6, 6.07) is 5.85. The van der Waals surface area contributed by atoms with Gasteiger partial charge in [-0.2, -0.15) is 5.26 Å². The van der Waals surface area contributed by atoms with Crippen molar-refractivity contribution in [2.75, 3.05) is 29.9 Å². The summed E-state index contributed by atoms with van der Waals surface area (Å²) in [5.41, 5.74) is 0.901. The third-order valence-corrected chi connectivity index (χ3v) is 5.51. The summed E-state index contributed by atoms with van der Waals surface area (Å²) in [7, 11) is 0. The molecule has 30 heavy (non-hydrogen) atoms. The van der Waals surface area contributed by atoms with E-state index in [4.69, 9.17) is 4.74 Å². The smallest absolute Gasteiger partial charge is 0.224 e. The van der Waals surface area contributed by atoms with E-state index in [1.807, 2.05) is 6.07 Å². The van der Waals surface area contributed by atoms with Crippen molar-refractivity contribution in [3.63, 3.8) is 0 Å². The zero-order chi connectivity index (χ0) is 21.3. The predicted octanol–water partition coefficient (Wildman–Crippen LogP) is 2.38. The van der Waals surface area contributed by atoms with Gasteiger partial charge in [0.25, 0.3) is 0 Å². The van der Waals surface area contributed by atoms with Gasteiger partial charge in [-0.25, -0.2) is 13.8 Å². The minimum Gasteiger partial charge on any atom is -0.493 e. The van der Waals surface area contributed by atoms with Crippen LogP contribution in [0, 0.1) is 28.9 Å². The van der Waals surface area contributed by atoms with Crippen LogP contribution in [-0.4, -0.2) is 41.8 Å². The molecule has 4 rings (SSSR count). The van der Waals surface area contributed by atoms with E-state index in [1.165, 1.54) is 12.1 Å². The Balaban J connectivity index is 1.42. The van der Waals surface area contributed by atoms with E-state index in [1.54, 1.807) is 4.90 Å². The Hall–Kier alpha value is -3.25. The molecule has 9 heteroatoms. The van der Waals surface area contributed by atoms with Crippen LogP contribution in [0.2, 0.25) is 0 Å². The molecule has 2 aromatic rings. The van der Waals surface area contributed by atoms with Crippen LogP contribution in [0.15, 0.2) is 24.4 Å². The highest BCUT2D eigenvalue weighted by Gasteiger charge is 2.31. The lowest BCUT2D eigenvalue weighted by Crippen LogP contribution is -2.46. The number of fused-ring (bicyclic) bond motifs is 1. The number of aliphatic hydroxyl groups excluding tert-OH is 1. The van der Waals surface area contributed by atoms with E-state index in [9.17, 15) is 23.9 Å². The molecule has 156 valence electrons. The number of aliphatic hydroxyl groups is 1. The first-order valence-corrected chi connectivity index (χ1v) is 9.69. The Bertz CT molecular complexity index is 1020. The average Bonchev–Trinajstić information content (AvgIpc) is 2.74. The SMILES string of the molecule is N#Cc1cc(F)cnc1N1CC[C@@H](COc2ccc(F)c3c2CCC(=O)N3)[C@H](O)C1. The van der Waals surface area contributed by atoms with E-state index in [2.05, 4.69) is 10.3 Å². The lowest BCUT2D eigenvalue weighted by molar-refractivity contribution is -0.116. The number of amides is 1. The summed E-state index contributed by atoms with van der Waals surface area (Å²) in [5.74, 6) is -0.649. The molecule has 1 saturated heterocycles. The van der Waals surface area contributed by atoms with Crippen molar-refractivity contribution < 1.29 is 23.4 Å². The summed E-state index contributed by atoms with van der Waals surface area (Å²) in [5, 5.41) is 22.4. The standard InChI is InChI=1S/C21H20F2N4O3/c22-14-7-13(8-24)21(25-9-14)27-6-5-12(17(28)10-27)11-30-18-3-2-16(23)20-15(18)1-4-19(29)26-20/h2-3,7,9,12,17,28H,1,4-6,10-11H2,(H,26,29)/t12-,17+/m0/s1. The molecule has 0 spiro atoms. The minimum absolute atomic E-state index is 0.122. The van der Waals surface area contributed by atoms with Crippen LogP contribution in [0.1, 0.15) is 24.0 Å². The van der Waals surface area contributed by atoms with Crippen LogP contribution in [0.5, 0.6) is 5.75 Å². The van der Waals surface area contributed by atoms with Crippen molar-refractivity contribution in [2.45, 2.75) is 25.4 Å². The molecule has 2 aliphatic rings. The van der Waals surface area contributed by atoms with Gasteiger partial charge in [0.1, 0.15) is 29.3 Å². The highest BCUT2D eigenvalue weighted by atomic mass is 19.1. The summed E-state index contributed by atoms with van der Waals surface area (Å²) < 4.78 is 33.2. The number of anilines is 2. The topological polar surface area (TPSA) is 98.5 Å². The van der Waals surface area contributed by atoms with Crippen molar-refractivity contribution in [1.29, 1.82) is 5.26 Å². The van der Waals surface area contributed by atoms with Crippen LogP contribution in [0.3, 0.4) is 0 Å². The number of nitriles is 1. The van der Waals surface area contributed by atoms with Gasteiger partial charge in [-0.15, -0.1) is 0 Å². The van der Waals surface area contributed by atoms with Crippen molar-refractivity contribution >= 4 is 17.4 Å². The number of nitrogens with zero attached hydrogens (tertiary/aromatic N) is 3. The van der Waals surface area contributed by atoms with Gasteiger partial charge in [-0.1, -0.05) is 0 Å². The van der Waals surface area contributed by atoms with Gasteiger partial charge in [0.2, 0.25) is 5.91 Å². The summed E-state index contributed by atoms with van der Waals surface area (Å²) in [6.07, 6.45) is 1.54. The maximum atomic E-state index is 14.0. The van der Waals surface area contributed by atoms with Crippen LogP contribution < -0.4 is 15.0 Å². The van der Waals surface area contributed by atoms with E-state index >= 15 is 0 Å². The monoisotopic (exact) mass is 414 g/mol. The number of piperidine rings is 1. The number of rotatable bonds is 4. The van der Waals surface area contributed by atoms with E-state index in [0.29, 0.717) is 36.5 Å². The molecule has 1 aromatic heterocycles. The van der Waals surface area contributed by atoms with Gasteiger partial charge in [0.15, 0.2) is 0 Å². The number of hydrogen-bond acceptors (Lipinski definition) is 6. The first-order valence-electron chi connectivity index (χ1n) is 9.69. The van der Waals surface area contributed by atoms with E-state index in [0.717, 1.165) is 12.3 Å². The molecule has 0 saturated carbocycles. The third-order valence-electron chi connectivity index (χ3n) is 5.51. The number of β-amino-alcohol motifs (C(OH)–C–C–N with tert-alkyl or cyclic N) is 1. The van der Waals surface area contributed by atoms with Crippen molar-refractivity contribution in [1.82, 2.24) is 4.98 Å². The number of hydrogen-bond donors (Lipinski definition) is 2. The first-order chi connectivity index (χ1) is 14.5. The zero-order valence-electron chi connectivity index (χ0n) is 16.1. The van der Waals surface area contributed by atoms with Gasteiger partial charge in [-0.05, 0) is 31.0 Å². The van der Waals surface area contributed by atoms with Gasteiger partial charge in [0, 0.05) is 31.0 Å². The fourth-order valence-electron chi connectivity index (χ4n) is 3.89. The molecule has 2 aliphatic heterocycles. The molecular formula is C21H20F2N4O3. The average molecular weight is 414 g/mol. The number of aromatic nitrogens is 1. The molecule has 2 atom stereocenters. The lowest BCUT2D eigenvalue weighted by Gasteiger charge is -2.36. The predicted molar refractivity (Wildman–Crippen MR) is 104 cm³/mol. The highest BCUT2D eigenvalue weighted by molar-refractivity contribution is 5.94. The van der Waals surface area contributed by atoms with Crippen molar-refractivity contribution in [3.8, 4) is 11.8 Å². The minimum atomic E-state index is -0.742. The Morgan fingerprint density at radius 1 is 1.37 bits per heavy atom. The third kappa shape index (κ3) is 3.91. The number of pyridine rings is 1. The Morgan fingerprint density at radius 3 is 2.97 bits per heavy atom. The second kappa shape index (κ2) is 8.24. The molecule has 7 nitrogen and oxygen atoms in total. The molecule has 2 N–H and O–H groups in total. The molecule has 1 aromatic carbocycles. The maximum absolute atomic E-state index is 14.0. The summed E-state index contributed by atoms with van der Waals surface area (Å²) >= 11 is 0. The Morgan fingerprint density at radius 2 is 2.20 bits per heavy atom. The fourth-order valence-corrected chi connectivity index (χ4v) is 3.89. The van der Waals surface area contributed by atoms with Gasteiger partial charge in [0.05, 0.1) is 30.2 Å². The number of halogens is 2. The Labute approximate surface area is 171 Å². The summed E-state index contributed by atoms with van der Waals surface area (Å²) in [6.45, 7) is 0.984. The maximum Gasteiger partial charge on any atom is 0.224 e. The molecule has 0 aliphatic carbocycles. The lowest BCUT2D eigenvalue weighted by atomic mass is 9.94. The summed E-state index contributed by atoms with van der Waals surface area (Å²) in [4.78, 5) is 17.3. The van der Waals surface area contributed by atoms with Crippen LogP contribution in [0.4, 0.5) is 20.3 Å². The number of carbonyl (C=O) groups excluding carboxylic acids is 1. The normalized spacial score (nSPS) is 20.9. The van der Waals surface area contributed by atoms with Crippen LogP contribution in [0.25, 0.3) is 0 Å². The number of carbonyl (C=O) groups is 1. The van der Waals surface area contributed by atoms with E-state index in [-0.39, 0.29) is 42.6 Å². The molecule has 0 unspecified atom stereocenters. The van der Waals surface area contributed by atoms with Gasteiger partial charge in [-0.3, -0.25) is 4.79 Å². The van der Waals surface area contributed by atoms with Crippen LogP contribution in [-0.2, 0) is 11.2 Å². The highest BCUT2D eigenvalue weighted by Crippen LogP contribution is 2.34. The van der Waals surface area contributed by atoms with Crippen molar-refractivity contribution in [3.05, 3.63) is 47.2 Å². The van der Waals surface area contributed by atoms with Gasteiger partial charge < -0.3 is 20.1 Å².